The molecule has 0 aliphatic carbocycles. The van der Waals surface area contributed by atoms with Gasteiger partial charge in [0.05, 0.1) is 11.1 Å². The summed E-state index contributed by atoms with van der Waals surface area (Å²) in [6.07, 6.45) is 3.50. The Labute approximate surface area is 175 Å². The van der Waals surface area contributed by atoms with Crippen LogP contribution in [0, 0.1) is 5.41 Å². The standard InChI is InChI=1S/C24H25N5O/c1-24(2,3)23(30)29-18-6-4-5-17(11-18)21-20-19(13-26-22(20)28-14-27-21)16-9-7-15(12-25)8-10-16/h4-11,13-14H,12,25H2,1-3H3,(H,29,30)(H,26,27,28). The smallest absolute Gasteiger partial charge is 0.229 e. The quantitative estimate of drug-likeness (QED) is 0.462. The fourth-order valence-corrected chi connectivity index (χ4v) is 3.29. The zero-order chi connectivity index (χ0) is 21.3. The highest BCUT2D eigenvalue weighted by molar-refractivity contribution is 6.03. The highest BCUT2D eigenvalue weighted by Crippen LogP contribution is 2.35. The lowest BCUT2D eigenvalue weighted by atomic mass is 9.95. The number of benzene rings is 2. The lowest BCUT2D eigenvalue weighted by Gasteiger charge is -2.18. The van der Waals surface area contributed by atoms with Crippen molar-refractivity contribution in [2.75, 3.05) is 5.32 Å². The summed E-state index contributed by atoms with van der Waals surface area (Å²) in [5, 5.41) is 3.93. The molecule has 2 aromatic heterocycles. The van der Waals surface area contributed by atoms with Crippen LogP contribution in [0.4, 0.5) is 5.69 Å². The van der Waals surface area contributed by atoms with Gasteiger partial charge in [-0.3, -0.25) is 4.79 Å². The van der Waals surface area contributed by atoms with Gasteiger partial charge in [0.15, 0.2) is 0 Å². The van der Waals surface area contributed by atoms with E-state index >= 15 is 0 Å². The van der Waals surface area contributed by atoms with E-state index in [-0.39, 0.29) is 5.91 Å². The minimum absolute atomic E-state index is 0.0326. The van der Waals surface area contributed by atoms with Crippen molar-refractivity contribution < 1.29 is 4.79 Å². The third-order valence-corrected chi connectivity index (χ3v) is 5.05. The van der Waals surface area contributed by atoms with E-state index in [0.29, 0.717) is 6.54 Å². The number of aromatic amines is 1. The third-order valence-electron chi connectivity index (χ3n) is 5.05. The van der Waals surface area contributed by atoms with Gasteiger partial charge in [0.2, 0.25) is 5.91 Å². The summed E-state index contributed by atoms with van der Waals surface area (Å²) in [4.78, 5) is 24.6. The Morgan fingerprint density at radius 2 is 1.83 bits per heavy atom. The zero-order valence-electron chi connectivity index (χ0n) is 17.4. The van der Waals surface area contributed by atoms with Crippen molar-refractivity contribution in [3.8, 4) is 22.4 Å². The van der Waals surface area contributed by atoms with E-state index in [4.69, 9.17) is 5.73 Å². The fraction of sp³-hybridized carbons (Fsp3) is 0.208. The van der Waals surface area contributed by atoms with Gasteiger partial charge in [0, 0.05) is 35.0 Å². The van der Waals surface area contributed by atoms with Crippen LogP contribution < -0.4 is 11.1 Å². The van der Waals surface area contributed by atoms with E-state index in [2.05, 4.69) is 32.4 Å². The molecule has 152 valence electrons. The number of carbonyl (C=O) groups excluding carboxylic acids is 1. The lowest BCUT2D eigenvalue weighted by Crippen LogP contribution is -2.27. The molecule has 4 N–H and O–H groups in total. The van der Waals surface area contributed by atoms with Gasteiger partial charge < -0.3 is 16.0 Å². The predicted molar refractivity (Wildman–Crippen MR) is 121 cm³/mol. The number of hydrogen-bond acceptors (Lipinski definition) is 4. The average molecular weight is 399 g/mol. The second kappa shape index (κ2) is 7.72. The Hall–Kier alpha value is -3.51. The first-order valence-electron chi connectivity index (χ1n) is 9.90. The molecule has 0 fully saturated rings. The zero-order valence-corrected chi connectivity index (χ0v) is 17.4. The topological polar surface area (TPSA) is 96.7 Å². The number of aromatic nitrogens is 3. The van der Waals surface area contributed by atoms with Crippen LogP contribution in [0.25, 0.3) is 33.4 Å². The Bertz CT molecular complexity index is 1200. The molecule has 6 nitrogen and oxygen atoms in total. The van der Waals surface area contributed by atoms with Crippen molar-refractivity contribution >= 4 is 22.6 Å². The molecule has 0 radical (unpaired) electrons. The first-order chi connectivity index (χ1) is 14.4. The van der Waals surface area contributed by atoms with Crippen LogP contribution >= 0.6 is 0 Å². The van der Waals surface area contributed by atoms with Crippen LogP contribution in [0.15, 0.2) is 61.1 Å². The molecular weight excluding hydrogens is 374 g/mol. The van der Waals surface area contributed by atoms with Crippen molar-refractivity contribution in [1.82, 2.24) is 15.0 Å². The van der Waals surface area contributed by atoms with Gasteiger partial charge in [-0.2, -0.15) is 0 Å². The first-order valence-corrected chi connectivity index (χ1v) is 9.90. The fourth-order valence-electron chi connectivity index (χ4n) is 3.29. The number of nitrogens with one attached hydrogen (secondary N) is 2. The summed E-state index contributed by atoms with van der Waals surface area (Å²) in [7, 11) is 0. The molecule has 0 saturated heterocycles. The van der Waals surface area contributed by atoms with Crippen molar-refractivity contribution in [1.29, 1.82) is 0 Å². The average Bonchev–Trinajstić information content (AvgIpc) is 3.17. The van der Waals surface area contributed by atoms with Gasteiger partial charge in [-0.05, 0) is 23.3 Å². The van der Waals surface area contributed by atoms with E-state index in [1.165, 1.54) is 0 Å². The van der Waals surface area contributed by atoms with Crippen molar-refractivity contribution in [3.63, 3.8) is 0 Å². The Kier molecular flexibility index (Phi) is 5.10. The summed E-state index contributed by atoms with van der Waals surface area (Å²) in [5.41, 5.74) is 11.6. The molecule has 0 aliphatic heterocycles. The molecule has 6 heteroatoms. The van der Waals surface area contributed by atoms with Crippen LogP contribution in [0.2, 0.25) is 0 Å². The summed E-state index contributed by atoms with van der Waals surface area (Å²) in [5.74, 6) is -0.0326. The second-order valence-corrected chi connectivity index (χ2v) is 8.33. The number of hydrogen-bond donors (Lipinski definition) is 3. The molecule has 2 heterocycles. The molecule has 4 aromatic rings. The third kappa shape index (κ3) is 3.82. The van der Waals surface area contributed by atoms with E-state index in [1.54, 1.807) is 6.33 Å². The molecule has 0 bridgehead atoms. The molecule has 0 unspecified atom stereocenters. The van der Waals surface area contributed by atoms with Gasteiger partial charge in [-0.15, -0.1) is 0 Å². The van der Waals surface area contributed by atoms with Crippen LogP contribution in [-0.4, -0.2) is 20.9 Å². The van der Waals surface area contributed by atoms with E-state index in [1.807, 2.05) is 63.4 Å². The summed E-state index contributed by atoms with van der Waals surface area (Å²) in [6, 6.07) is 15.9. The molecule has 0 aliphatic rings. The van der Waals surface area contributed by atoms with Crippen LogP contribution in [0.5, 0.6) is 0 Å². The molecule has 0 atom stereocenters. The maximum absolute atomic E-state index is 12.4. The number of carbonyl (C=O) groups is 1. The molecule has 1 amide bonds. The highest BCUT2D eigenvalue weighted by Gasteiger charge is 2.21. The molecule has 0 spiro atoms. The first kappa shape index (κ1) is 19.8. The maximum Gasteiger partial charge on any atom is 0.229 e. The number of fused-ring (bicyclic) bond motifs is 1. The Morgan fingerprint density at radius 1 is 1.07 bits per heavy atom. The van der Waals surface area contributed by atoms with Crippen LogP contribution in [-0.2, 0) is 11.3 Å². The van der Waals surface area contributed by atoms with Crippen molar-refractivity contribution in [2.24, 2.45) is 11.1 Å². The number of H-pyrrole nitrogens is 1. The number of nitrogens with zero attached hydrogens (tertiary/aromatic N) is 2. The van der Waals surface area contributed by atoms with Gasteiger partial charge in [0.1, 0.15) is 12.0 Å². The molecule has 30 heavy (non-hydrogen) atoms. The van der Waals surface area contributed by atoms with Gasteiger partial charge >= 0.3 is 0 Å². The summed E-state index contributed by atoms with van der Waals surface area (Å²) >= 11 is 0. The molecule has 0 saturated carbocycles. The minimum Gasteiger partial charge on any atom is -0.345 e. The molecular formula is C24H25N5O. The minimum atomic E-state index is -0.471. The van der Waals surface area contributed by atoms with E-state index in [0.717, 1.165) is 44.7 Å². The number of anilines is 1. The monoisotopic (exact) mass is 399 g/mol. The maximum atomic E-state index is 12.4. The van der Waals surface area contributed by atoms with Gasteiger partial charge in [-0.25, -0.2) is 9.97 Å². The molecule has 2 aromatic carbocycles. The highest BCUT2D eigenvalue weighted by atomic mass is 16.2. The Balaban J connectivity index is 1.79. The van der Waals surface area contributed by atoms with E-state index < -0.39 is 5.41 Å². The number of rotatable bonds is 4. The van der Waals surface area contributed by atoms with Crippen molar-refractivity contribution in [3.05, 3.63) is 66.6 Å². The van der Waals surface area contributed by atoms with E-state index in [9.17, 15) is 4.79 Å². The molecule has 4 rings (SSSR count). The van der Waals surface area contributed by atoms with Crippen molar-refractivity contribution in [2.45, 2.75) is 27.3 Å². The normalized spacial score (nSPS) is 11.6. The summed E-state index contributed by atoms with van der Waals surface area (Å²) in [6.45, 7) is 6.18. The number of amides is 1. The van der Waals surface area contributed by atoms with Gasteiger partial charge in [0.25, 0.3) is 0 Å². The second-order valence-electron chi connectivity index (χ2n) is 8.33. The number of nitrogens with two attached hydrogens (primary N) is 1. The lowest BCUT2D eigenvalue weighted by molar-refractivity contribution is -0.123. The van der Waals surface area contributed by atoms with Gasteiger partial charge in [-0.1, -0.05) is 57.2 Å². The predicted octanol–water partition coefficient (Wildman–Crippen LogP) is 4.74. The van der Waals surface area contributed by atoms with Crippen LogP contribution in [0.3, 0.4) is 0 Å². The largest absolute Gasteiger partial charge is 0.345 e. The summed E-state index contributed by atoms with van der Waals surface area (Å²) < 4.78 is 0. The SMILES string of the molecule is CC(C)(C)C(=O)Nc1cccc(-c2ncnc3[nH]cc(-c4ccc(CN)cc4)c23)c1. The Morgan fingerprint density at radius 3 is 2.53 bits per heavy atom. The van der Waals surface area contributed by atoms with Crippen LogP contribution in [0.1, 0.15) is 26.3 Å².